The van der Waals surface area contributed by atoms with Crippen LogP contribution in [0.4, 0.5) is 5.69 Å². The third kappa shape index (κ3) is 2.84. The number of aryl methyl sites for hydroxylation is 1. The molecule has 4 heteroatoms. The maximum absolute atomic E-state index is 12.5. The van der Waals surface area contributed by atoms with Gasteiger partial charge in [-0.1, -0.05) is 33.3 Å². The number of ether oxygens (including phenoxy) is 1. The molecule has 1 aliphatic rings. The molecule has 2 rings (SSSR count). The molecule has 1 aromatic carbocycles. The van der Waals surface area contributed by atoms with E-state index in [0.29, 0.717) is 24.3 Å². The Morgan fingerprint density at radius 1 is 1.36 bits per heavy atom. The van der Waals surface area contributed by atoms with Crippen molar-refractivity contribution in [2.24, 2.45) is 0 Å². The zero-order chi connectivity index (χ0) is 16.3. The number of carbonyl (C=O) groups is 1. The molecule has 0 amide bonds. The fraction of sp³-hybridized carbons (Fsp3) is 0.611. The van der Waals surface area contributed by atoms with Gasteiger partial charge in [-0.2, -0.15) is 0 Å². The second-order valence-electron chi connectivity index (χ2n) is 6.13. The van der Waals surface area contributed by atoms with E-state index >= 15 is 0 Å². The SMILES string of the molecule is CCCC1(CO)CN(C)c2c(CC)ccc(c2C(=O)CC)O1. The standard InChI is InChI=1S/C18H27NO3/c1-5-10-18(12-20)11-19(4)17-13(6-2)8-9-15(22-18)16(17)14(21)7-3/h8-9,20H,5-7,10-12H2,1-4H3. The number of Topliss-reactive ketones (excluding diaryl/α,β-unsaturated/α-hetero) is 1. The molecule has 4 nitrogen and oxygen atoms in total. The summed E-state index contributed by atoms with van der Waals surface area (Å²) in [6, 6.07) is 3.93. The lowest BCUT2D eigenvalue weighted by atomic mass is 9.97. The predicted molar refractivity (Wildman–Crippen MR) is 89.1 cm³/mol. The minimum absolute atomic E-state index is 0.0507. The van der Waals surface area contributed by atoms with Gasteiger partial charge in [0.2, 0.25) is 0 Å². The van der Waals surface area contributed by atoms with Crippen LogP contribution in [0.3, 0.4) is 0 Å². The average Bonchev–Trinajstić information content (AvgIpc) is 2.60. The maximum Gasteiger partial charge on any atom is 0.168 e. The first-order valence-corrected chi connectivity index (χ1v) is 8.22. The van der Waals surface area contributed by atoms with Crippen LogP contribution < -0.4 is 9.64 Å². The van der Waals surface area contributed by atoms with E-state index in [4.69, 9.17) is 4.74 Å². The van der Waals surface area contributed by atoms with Crippen molar-refractivity contribution >= 4 is 11.5 Å². The normalized spacial score (nSPS) is 20.5. The van der Waals surface area contributed by atoms with Gasteiger partial charge in [-0.05, 0) is 24.5 Å². The first-order valence-electron chi connectivity index (χ1n) is 8.22. The zero-order valence-corrected chi connectivity index (χ0v) is 14.1. The number of benzene rings is 1. The summed E-state index contributed by atoms with van der Waals surface area (Å²) in [5.41, 5.74) is 2.15. The van der Waals surface area contributed by atoms with Gasteiger partial charge in [-0.25, -0.2) is 0 Å². The number of nitrogens with zero attached hydrogens (tertiary/aromatic N) is 1. The monoisotopic (exact) mass is 305 g/mol. The zero-order valence-electron chi connectivity index (χ0n) is 14.1. The molecule has 0 saturated heterocycles. The number of hydrogen-bond acceptors (Lipinski definition) is 4. The number of ketones is 1. The number of likely N-dealkylation sites (N-methyl/N-ethyl adjacent to an activating group) is 1. The molecule has 1 unspecified atom stereocenters. The molecule has 0 saturated carbocycles. The molecule has 22 heavy (non-hydrogen) atoms. The van der Waals surface area contributed by atoms with Crippen LogP contribution in [0.25, 0.3) is 0 Å². The third-order valence-corrected chi connectivity index (χ3v) is 4.43. The Morgan fingerprint density at radius 2 is 2.09 bits per heavy atom. The Labute approximate surface area is 133 Å². The highest BCUT2D eigenvalue weighted by molar-refractivity contribution is 6.04. The van der Waals surface area contributed by atoms with Gasteiger partial charge in [0.25, 0.3) is 0 Å². The van der Waals surface area contributed by atoms with Crippen LogP contribution in [0.2, 0.25) is 0 Å². The summed E-state index contributed by atoms with van der Waals surface area (Å²) in [5.74, 6) is 0.711. The molecule has 1 aromatic rings. The van der Waals surface area contributed by atoms with Crippen molar-refractivity contribution in [3.8, 4) is 5.75 Å². The Balaban J connectivity index is 2.63. The van der Waals surface area contributed by atoms with Crippen molar-refractivity contribution in [1.82, 2.24) is 0 Å². The van der Waals surface area contributed by atoms with Crippen LogP contribution in [0.15, 0.2) is 12.1 Å². The first kappa shape index (κ1) is 16.8. The molecule has 2 bridgehead atoms. The van der Waals surface area contributed by atoms with Crippen molar-refractivity contribution in [3.05, 3.63) is 23.3 Å². The Bertz CT molecular complexity index is 556. The molecule has 1 N–H and O–H groups in total. The third-order valence-electron chi connectivity index (χ3n) is 4.43. The van der Waals surface area contributed by atoms with Crippen molar-refractivity contribution in [2.45, 2.75) is 52.1 Å². The number of carbonyl (C=O) groups excluding carboxylic acids is 1. The van der Waals surface area contributed by atoms with Crippen molar-refractivity contribution in [2.75, 3.05) is 25.1 Å². The molecule has 0 radical (unpaired) electrons. The van der Waals surface area contributed by atoms with Gasteiger partial charge in [0.15, 0.2) is 5.78 Å². The van der Waals surface area contributed by atoms with E-state index < -0.39 is 5.60 Å². The molecule has 1 atom stereocenters. The van der Waals surface area contributed by atoms with Crippen LogP contribution in [0.5, 0.6) is 5.75 Å². The highest BCUT2D eigenvalue weighted by atomic mass is 16.5. The number of aliphatic hydroxyl groups excluding tert-OH is 1. The van der Waals surface area contributed by atoms with Crippen LogP contribution in [-0.4, -0.2) is 36.7 Å². The highest BCUT2D eigenvalue weighted by Gasteiger charge is 2.38. The smallest absolute Gasteiger partial charge is 0.168 e. The summed E-state index contributed by atoms with van der Waals surface area (Å²) in [6.07, 6.45) is 2.99. The van der Waals surface area contributed by atoms with E-state index in [9.17, 15) is 9.90 Å². The molecular formula is C18H27NO3. The van der Waals surface area contributed by atoms with Gasteiger partial charge in [0.1, 0.15) is 11.4 Å². The van der Waals surface area contributed by atoms with Gasteiger partial charge in [0.05, 0.1) is 24.4 Å². The Hall–Kier alpha value is -1.55. The topological polar surface area (TPSA) is 49.8 Å². The summed E-state index contributed by atoms with van der Waals surface area (Å²) in [4.78, 5) is 14.6. The fourth-order valence-corrected chi connectivity index (χ4v) is 3.39. The number of aliphatic hydroxyl groups is 1. The molecule has 1 heterocycles. The van der Waals surface area contributed by atoms with E-state index in [1.54, 1.807) is 0 Å². The van der Waals surface area contributed by atoms with Crippen LogP contribution in [-0.2, 0) is 6.42 Å². The number of hydrogen-bond donors (Lipinski definition) is 1. The fourth-order valence-electron chi connectivity index (χ4n) is 3.39. The minimum atomic E-state index is -0.645. The van der Waals surface area contributed by atoms with Crippen molar-refractivity contribution in [1.29, 1.82) is 0 Å². The summed E-state index contributed by atoms with van der Waals surface area (Å²) in [5, 5.41) is 9.94. The summed E-state index contributed by atoms with van der Waals surface area (Å²) < 4.78 is 6.20. The lowest BCUT2D eigenvalue weighted by molar-refractivity contribution is 0.00975. The number of rotatable bonds is 6. The quantitative estimate of drug-likeness (QED) is 0.820. The molecule has 0 aromatic heterocycles. The van der Waals surface area contributed by atoms with Gasteiger partial charge in [-0.3, -0.25) is 4.79 Å². The largest absolute Gasteiger partial charge is 0.482 e. The molecule has 122 valence electrons. The first-order chi connectivity index (χ1) is 10.5. The van der Waals surface area contributed by atoms with Crippen LogP contribution in [0.1, 0.15) is 56.0 Å². The van der Waals surface area contributed by atoms with Gasteiger partial charge < -0.3 is 14.7 Å². The van der Waals surface area contributed by atoms with Gasteiger partial charge in [-0.15, -0.1) is 0 Å². The van der Waals surface area contributed by atoms with Crippen LogP contribution in [0, 0.1) is 0 Å². The highest BCUT2D eigenvalue weighted by Crippen LogP contribution is 2.40. The molecule has 1 aliphatic heterocycles. The van der Waals surface area contributed by atoms with Crippen molar-refractivity contribution in [3.63, 3.8) is 0 Å². The van der Waals surface area contributed by atoms with Gasteiger partial charge >= 0.3 is 0 Å². The van der Waals surface area contributed by atoms with E-state index in [1.165, 1.54) is 0 Å². The Kier molecular flexibility index (Phi) is 5.12. The minimum Gasteiger partial charge on any atom is -0.482 e. The lowest BCUT2D eigenvalue weighted by Crippen LogP contribution is -2.48. The summed E-state index contributed by atoms with van der Waals surface area (Å²) in [7, 11) is 1.99. The Morgan fingerprint density at radius 3 is 2.64 bits per heavy atom. The molecule has 0 spiro atoms. The second-order valence-corrected chi connectivity index (χ2v) is 6.13. The van der Waals surface area contributed by atoms with E-state index in [1.807, 2.05) is 26.1 Å². The maximum atomic E-state index is 12.5. The van der Waals surface area contributed by atoms with E-state index in [0.717, 1.165) is 30.5 Å². The van der Waals surface area contributed by atoms with E-state index in [2.05, 4.69) is 18.7 Å². The van der Waals surface area contributed by atoms with Crippen LogP contribution >= 0.6 is 0 Å². The molecular weight excluding hydrogens is 278 g/mol. The molecule has 0 fully saturated rings. The molecule has 0 aliphatic carbocycles. The predicted octanol–water partition coefficient (Wildman–Crippen LogP) is 3.20. The second kappa shape index (κ2) is 6.69. The lowest BCUT2D eigenvalue weighted by Gasteiger charge is -2.34. The van der Waals surface area contributed by atoms with Gasteiger partial charge in [0, 0.05) is 13.5 Å². The average molecular weight is 305 g/mol. The summed E-state index contributed by atoms with van der Waals surface area (Å²) >= 11 is 0. The number of fused-ring (bicyclic) bond motifs is 2. The van der Waals surface area contributed by atoms with Crippen molar-refractivity contribution < 1.29 is 14.6 Å². The number of anilines is 1. The van der Waals surface area contributed by atoms with E-state index in [-0.39, 0.29) is 12.4 Å². The summed E-state index contributed by atoms with van der Waals surface area (Å²) in [6.45, 7) is 6.58.